The summed E-state index contributed by atoms with van der Waals surface area (Å²) >= 11 is 0. The summed E-state index contributed by atoms with van der Waals surface area (Å²) in [5, 5.41) is 3.33. The molecule has 0 bridgehead atoms. The molecule has 3 rings (SSSR count). The summed E-state index contributed by atoms with van der Waals surface area (Å²) in [6.45, 7) is -0.0326. The molecular weight excluding hydrogens is 361 g/mol. The molecule has 1 unspecified atom stereocenters. The van der Waals surface area contributed by atoms with Gasteiger partial charge >= 0.3 is 6.18 Å². The number of aromatic nitrogens is 2. The molecule has 1 saturated heterocycles. The fourth-order valence-electron chi connectivity index (χ4n) is 2.67. The van der Waals surface area contributed by atoms with E-state index in [0.717, 1.165) is 29.1 Å². The summed E-state index contributed by atoms with van der Waals surface area (Å²) in [6, 6.07) is 3.84. The molecule has 1 aromatic carbocycles. The van der Waals surface area contributed by atoms with E-state index in [9.17, 15) is 26.7 Å². The van der Waals surface area contributed by atoms with Crippen molar-refractivity contribution >= 4 is 5.91 Å². The molecule has 1 fully saturated rings. The summed E-state index contributed by atoms with van der Waals surface area (Å²) in [5.74, 6) is -1.99. The largest absolute Gasteiger partial charge is 0.435 e. The predicted molar refractivity (Wildman–Crippen MR) is 78.9 cm³/mol. The van der Waals surface area contributed by atoms with Crippen LogP contribution in [0.5, 0.6) is 0 Å². The molecule has 1 amide bonds. The standard InChI is InChI=1S/C16H14F5N3O2/c17-10-1-2-11(12(18)7-10)13-8-23(5-6-26-13)15(25)9-24-4-3-14(22-24)16(19,20)21/h1-4,7,13H,5-6,8-9H2. The number of amides is 1. The first-order valence-corrected chi connectivity index (χ1v) is 7.69. The molecule has 140 valence electrons. The van der Waals surface area contributed by atoms with Gasteiger partial charge in [0.2, 0.25) is 5.91 Å². The van der Waals surface area contributed by atoms with Crippen molar-refractivity contribution in [3.63, 3.8) is 0 Å². The van der Waals surface area contributed by atoms with Crippen LogP contribution in [0.2, 0.25) is 0 Å². The van der Waals surface area contributed by atoms with Gasteiger partial charge in [0.1, 0.15) is 24.3 Å². The molecule has 10 heteroatoms. The number of rotatable bonds is 3. The molecule has 1 aromatic heterocycles. The van der Waals surface area contributed by atoms with Gasteiger partial charge in [0, 0.05) is 24.4 Å². The van der Waals surface area contributed by atoms with E-state index in [0.29, 0.717) is 0 Å². The Bertz CT molecular complexity index is 805. The van der Waals surface area contributed by atoms with Crippen LogP contribution in [0.1, 0.15) is 17.4 Å². The Labute approximate surface area is 145 Å². The predicted octanol–water partition coefficient (Wildman–Crippen LogP) is 2.78. The molecule has 5 nitrogen and oxygen atoms in total. The number of alkyl halides is 3. The minimum atomic E-state index is -4.58. The van der Waals surface area contributed by atoms with Gasteiger partial charge < -0.3 is 9.64 Å². The quantitative estimate of drug-likeness (QED) is 0.776. The number of nitrogens with zero attached hydrogens (tertiary/aromatic N) is 3. The molecule has 1 aliphatic heterocycles. The second-order valence-electron chi connectivity index (χ2n) is 5.76. The minimum absolute atomic E-state index is 0.00871. The van der Waals surface area contributed by atoms with Crippen molar-refractivity contribution in [2.45, 2.75) is 18.8 Å². The first kappa shape index (κ1) is 18.3. The van der Waals surface area contributed by atoms with Crippen molar-refractivity contribution in [2.24, 2.45) is 0 Å². The maximum Gasteiger partial charge on any atom is 0.435 e. The Morgan fingerprint density at radius 1 is 1.27 bits per heavy atom. The van der Waals surface area contributed by atoms with E-state index in [2.05, 4.69) is 5.10 Å². The number of hydrogen-bond acceptors (Lipinski definition) is 3. The Kier molecular flexibility index (Phi) is 4.94. The Morgan fingerprint density at radius 3 is 2.69 bits per heavy atom. The molecule has 0 saturated carbocycles. The van der Waals surface area contributed by atoms with Crippen molar-refractivity contribution < 1.29 is 31.5 Å². The minimum Gasteiger partial charge on any atom is -0.370 e. The third kappa shape index (κ3) is 4.01. The van der Waals surface area contributed by atoms with Gasteiger partial charge in [-0.15, -0.1) is 0 Å². The molecule has 0 radical (unpaired) electrons. The molecule has 1 atom stereocenters. The van der Waals surface area contributed by atoms with Crippen LogP contribution in [0.3, 0.4) is 0 Å². The summed E-state index contributed by atoms with van der Waals surface area (Å²) < 4.78 is 70.9. The number of carbonyl (C=O) groups is 1. The van der Waals surface area contributed by atoms with Gasteiger partial charge in [0.15, 0.2) is 5.69 Å². The molecule has 2 heterocycles. The van der Waals surface area contributed by atoms with Crippen molar-refractivity contribution in [1.82, 2.24) is 14.7 Å². The number of ether oxygens (including phenoxy) is 1. The van der Waals surface area contributed by atoms with Gasteiger partial charge in [-0.2, -0.15) is 18.3 Å². The van der Waals surface area contributed by atoms with Gasteiger partial charge in [-0.25, -0.2) is 8.78 Å². The zero-order valence-corrected chi connectivity index (χ0v) is 13.3. The van der Waals surface area contributed by atoms with Crippen molar-refractivity contribution in [2.75, 3.05) is 19.7 Å². The van der Waals surface area contributed by atoms with Crippen molar-refractivity contribution in [1.29, 1.82) is 0 Å². The van der Waals surface area contributed by atoms with E-state index < -0.39 is 35.5 Å². The average molecular weight is 375 g/mol. The molecule has 0 N–H and O–H groups in total. The first-order valence-electron chi connectivity index (χ1n) is 7.69. The highest BCUT2D eigenvalue weighted by molar-refractivity contribution is 5.76. The van der Waals surface area contributed by atoms with E-state index >= 15 is 0 Å². The Morgan fingerprint density at radius 2 is 2.04 bits per heavy atom. The van der Waals surface area contributed by atoms with E-state index in [1.807, 2.05) is 0 Å². The highest BCUT2D eigenvalue weighted by atomic mass is 19.4. The second kappa shape index (κ2) is 7.02. The highest BCUT2D eigenvalue weighted by Crippen LogP contribution is 2.28. The van der Waals surface area contributed by atoms with Gasteiger partial charge in [0.25, 0.3) is 0 Å². The monoisotopic (exact) mass is 375 g/mol. The van der Waals surface area contributed by atoms with Crippen LogP contribution >= 0.6 is 0 Å². The van der Waals surface area contributed by atoms with Crippen LogP contribution in [-0.4, -0.2) is 40.3 Å². The zero-order chi connectivity index (χ0) is 18.9. The Hall–Kier alpha value is -2.49. The van der Waals surface area contributed by atoms with Crippen LogP contribution in [0.4, 0.5) is 22.0 Å². The van der Waals surface area contributed by atoms with Crippen molar-refractivity contribution in [3.05, 3.63) is 53.4 Å². The van der Waals surface area contributed by atoms with Crippen LogP contribution in [-0.2, 0) is 22.3 Å². The lowest BCUT2D eigenvalue weighted by atomic mass is 10.1. The van der Waals surface area contributed by atoms with E-state index in [4.69, 9.17) is 4.74 Å². The topological polar surface area (TPSA) is 47.4 Å². The van der Waals surface area contributed by atoms with Crippen LogP contribution in [0.15, 0.2) is 30.5 Å². The zero-order valence-electron chi connectivity index (χ0n) is 13.3. The molecule has 26 heavy (non-hydrogen) atoms. The maximum absolute atomic E-state index is 13.9. The number of morpholine rings is 1. The lowest BCUT2D eigenvalue weighted by molar-refractivity contribution is -0.143. The third-order valence-corrected chi connectivity index (χ3v) is 3.96. The summed E-state index contributed by atoms with van der Waals surface area (Å²) in [4.78, 5) is 13.7. The van der Waals surface area contributed by atoms with Gasteiger partial charge in [-0.3, -0.25) is 9.48 Å². The van der Waals surface area contributed by atoms with E-state index in [1.165, 1.54) is 11.0 Å². The number of halogens is 5. The fourth-order valence-corrected chi connectivity index (χ4v) is 2.67. The molecule has 0 spiro atoms. The highest BCUT2D eigenvalue weighted by Gasteiger charge is 2.34. The number of carbonyl (C=O) groups excluding carboxylic acids is 1. The molecular formula is C16H14F5N3O2. The number of hydrogen-bond donors (Lipinski definition) is 0. The summed E-state index contributed by atoms with van der Waals surface area (Å²) in [7, 11) is 0. The summed E-state index contributed by atoms with van der Waals surface area (Å²) in [6.07, 6.45) is -4.30. The van der Waals surface area contributed by atoms with E-state index in [-0.39, 0.29) is 31.8 Å². The van der Waals surface area contributed by atoms with Gasteiger partial charge in [-0.1, -0.05) is 6.07 Å². The summed E-state index contributed by atoms with van der Waals surface area (Å²) in [5.41, 5.74) is -0.971. The fraction of sp³-hybridized carbons (Fsp3) is 0.375. The molecule has 2 aromatic rings. The lowest BCUT2D eigenvalue weighted by Crippen LogP contribution is -2.44. The van der Waals surface area contributed by atoms with Gasteiger partial charge in [0.05, 0.1) is 13.2 Å². The van der Waals surface area contributed by atoms with Crippen LogP contribution in [0.25, 0.3) is 0 Å². The normalized spacial score (nSPS) is 18.2. The van der Waals surface area contributed by atoms with Gasteiger partial charge in [-0.05, 0) is 12.1 Å². The third-order valence-electron chi connectivity index (χ3n) is 3.96. The van der Waals surface area contributed by atoms with Crippen molar-refractivity contribution in [3.8, 4) is 0 Å². The maximum atomic E-state index is 13.9. The lowest BCUT2D eigenvalue weighted by Gasteiger charge is -2.33. The number of benzene rings is 1. The smallest absolute Gasteiger partial charge is 0.370 e. The second-order valence-corrected chi connectivity index (χ2v) is 5.76. The molecule has 0 aliphatic carbocycles. The first-order chi connectivity index (χ1) is 12.2. The Balaban J connectivity index is 1.67. The average Bonchev–Trinajstić information content (AvgIpc) is 3.04. The van der Waals surface area contributed by atoms with Crippen LogP contribution in [0, 0.1) is 11.6 Å². The van der Waals surface area contributed by atoms with Crippen LogP contribution < -0.4 is 0 Å². The SMILES string of the molecule is O=C(Cn1ccc(C(F)(F)F)n1)N1CCOC(c2ccc(F)cc2F)C1. The molecule has 1 aliphatic rings. The van der Waals surface area contributed by atoms with E-state index in [1.54, 1.807) is 0 Å².